The van der Waals surface area contributed by atoms with Crippen molar-refractivity contribution in [1.82, 2.24) is 0 Å². The van der Waals surface area contributed by atoms with Crippen molar-refractivity contribution in [1.29, 1.82) is 0 Å². The Bertz CT molecular complexity index is 1210. The molecule has 38 heavy (non-hydrogen) atoms. The number of hydrogen-bond donors (Lipinski definition) is 0. The summed E-state index contributed by atoms with van der Waals surface area (Å²) in [4.78, 5) is 37.7. The molecule has 0 unspecified atom stereocenters. The van der Waals surface area contributed by atoms with Gasteiger partial charge in [0.15, 0.2) is 11.6 Å². The third kappa shape index (κ3) is 8.27. The summed E-state index contributed by atoms with van der Waals surface area (Å²) in [5.41, 5.74) is 4.80. The highest BCUT2D eigenvalue weighted by molar-refractivity contribution is 6.00. The minimum absolute atomic E-state index is 0.0313. The van der Waals surface area contributed by atoms with Crippen LogP contribution in [0.2, 0.25) is 0 Å². The van der Waals surface area contributed by atoms with Gasteiger partial charge in [-0.2, -0.15) is 0 Å². The Morgan fingerprint density at radius 2 is 1.16 bits per heavy atom. The van der Waals surface area contributed by atoms with Crippen molar-refractivity contribution < 1.29 is 14.3 Å². The standard InChI is InChI=1S/C31H34N4O3/c1-6-15-38-29-17-23(19-32-21-30(36)25-7-11-27(12-8-25)34(2)3)16-24(18-29)20-33-22-31(37)26-9-13-28(14-10-26)35(4)5/h6-14,16-20H,1,15,21-22H2,2-5H3. The van der Waals surface area contributed by atoms with Gasteiger partial charge in [-0.15, -0.1) is 0 Å². The molecule has 0 aromatic heterocycles. The largest absolute Gasteiger partial charge is 0.490 e. The predicted molar refractivity (Wildman–Crippen MR) is 157 cm³/mol. The van der Waals surface area contributed by atoms with Gasteiger partial charge in [0, 0.05) is 63.1 Å². The molecular formula is C31H34N4O3. The molecule has 0 fully saturated rings. The van der Waals surface area contributed by atoms with Gasteiger partial charge in [-0.05, 0) is 77.9 Å². The number of benzene rings is 3. The van der Waals surface area contributed by atoms with Crippen molar-refractivity contribution in [2.24, 2.45) is 9.98 Å². The third-order valence-corrected chi connectivity index (χ3v) is 5.68. The van der Waals surface area contributed by atoms with Gasteiger partial charge in [-0.3, -0.25) is 19.6 Å². The molecule has 7 heteroatoms. The first-order chi connectivity index (χ1) is 18.3. The zero-order valence-corrected chi connectivity index (χ0v) is 22.4. The van der Waals surface area contributed by atoms with Crippen molar-refractivity contribution >= 4 is 35.4 Å². The number of ether oxygens (including phenoxy) is 1. The van der Waals surface area contributed by atoms with E-state index in [1.165, 1.54) is 0 Å². The first kappa shape index (κ1) is 28.1. The number of rotatable bonds is 13. The summed E-state index contributed by atoms with van der Waals surface area (Å²) in [5, 5.41) is 0. The number of aliphatic imine (C=N–C) groups is 2. The smallest absolute Gasteiger partial charge is 0.184 e. The lowest BCUT2D eigenvalue weighted by Gasteiger charge is -2.12. The van der Waals surface area contributed by atoms with Crippen LogP contribution in [0.1, 0.15) is 31.8 Å². The van der Waals surface area contributed by atoms with E-state index >= 15 is 0 Å². The minimum Gasteiger partial charge on any atom is -0.490 e. The van der Waals surface area contributed by atoms with Crippen LogP contribution in [0.4, 0.5) is 11.4 Å². The SMILES string of the molecule is C=CCOc1cc(C=NCC(=O)c2ccc(N(C)C)cc2)cc(C=NCC(=O)c2ccc(N(C)C)cc2)c1. The Morgan fingerprint density at radius 3 is 1.53 bits per heavy atom. The maximum atomic E-state index is 12.5. The van der Waals surface area contributed by atoms with Crippen molar-refractivity contribution in [3.63, 3.8) is 0 Å². The molecule has 3 aromatic carbocycles. The van der Waals surface area contributed by atoms with Crippen molar-refractivity contribution in [3.05, 3.63) is 102 Å². The molecule has 0 spiro atoms. The summed E-state index contributed by atoms with van der Waals surface area (Å²) in [6.07, 6.45) is 4.94. The van der Waals surface area contributed by atoms with E-state index in [1.54, 1.807) is 18.5 Å². The fourth-order valence-electron chi connectivity index (χ4n) is 3.57. The normalized spacial score (nSPS) is 11.1. The highest BCUT2D eigenvalue weighted by Gasteiger charge is 2.07. The van der Waals surface area contributed by atoms with E-state index in [0.717, 1.165) is 22.5 Å². The van der Waals surface area contributed by atoms with Gasteiger partial charge in [0.1, 0.15) is 25.4 Å². The molecule has 0 aliphatic carbocycles. The highest BCUT2D eigenvalue weighted by atomic mass is 16.5. The van der Waals surface area contributed by atoms with Crippen LogP contribution >= 0.6 is 0 Å². The summed E-state index contributed by atoms with van der Waals surface area (Å²) in [6, 6.07) is 20.4. The third-order valence-electron chi connectivity index (χ3n) is 5.68. The number of ketones is 2. The van der Waals surface area contributed by atoms with Gasteiger partial charge in [0.2, 0.25) is 0 Å². The number of anilines is 2. The molecule has 0 N–H and O–H groups in total. The summed E-state index contributed by atoms with van der Waals surface area (Å²) in [5.74, 6) is 0.487. The zero-order chi connectivity index (χ0) is 27.5. The lowest BCUT2D eigenvalue weighted by molar-refractivity contribution is 0.0994. The minimum atomic E-state index is -0.0652. The molecule has 0 atom stereocenters. The number of Topliss-reactive ketones (excluding diaryl/α,β-unsaturated/α-hetero) is 2. The summed E-state index contributed by atoms with van der Waals surface area (Å²) in [7, 11) is 7.81. The van der Waals surface area contributed by atoms with Crippen molar-refractivity contribution in [2.45, 2.75) is 0 Å². The monoisotopic (exact) mass is 510 g/mol. The molecule has 0 aliphatic rings. The molecule has 0 aliphatic heterocycles. The Morgan fingerprint density at radius 1 is 0.737 bits per heavy atom. The van der Waals surface area contributed by atoms with Gasteiger partial charge in [0.05, 0.1) is 0 Å². The van der Waals surface area contributed by atoms with E-state index in [0.29, 0.717) is 23.5 Å². The Balaban J connectivity index is 1.68. The first-order valence-electron chi connectivity index (χ1n) is 12.3. The van der Waals surface area contributed by atoms with Gasteiger partial charge in [0.25, 0.3) is 0 Å². The Labute approximate surface area is 224 Å². The molecule has 0 saturated carbocycles. The van der Waals surface area contributed by atoms with Crippen molar-refractivity contribution in [3.8, 4) is 5.75 Å². The van der Waals surface area contributed by atoms with Crippen molar-refractivity contribution in [2.75, 3.05) is 57.7 Å². The fourth-order valence-corrected chi connectivity index (χ4v) is 3.57. The second-order valence-electron chi connectivity index (χ2n) is 9.10. The lowest BCUT2D eigenvalue weighted by Crippen LogP contribution is -2.09. The average molecular weight is 511 g/mol. The maximum Gasteiger partial charge on any atom is 0.184 e. The Kier molecular flexibility index (Phi) is 10.1. The van der Waals surface area contributed by atoms with Crippen LogP contribution in [0.15, 0.2) is 89.4 Å². The molecular weight excluding hydrogens is 476 g/mol. The van der Waals surface area contributed by atoms with Gasteiger partial charge < -0.3 is 14.5 Å². The van der Waals surface area contributed by atoms with Crippen LogP contribution < -0.4 is 14.5 Å². The summed E-state index contributed by atoms with van der Waals surface area (Å²) in [6.45, 7) is 4.10. The summed E-state index contributed by atoms with van der Waals surface area (Å²) < 4.78 is 5.71. The maximum absolute atomic E-state index is 12.5. The molecule has 0 heterocycles. The molecule has 7 nitrogen and oxygen atoms in total. The quantitative estimate of drug-likeness (QED) is 0.184. The summed E-state index contributed by atoms with van der Waals surface area (Å²) >= 11 is 0. The molecule has 3 rings (SSSR count). The van der Waals surface area contributed by atoms with E-state index in [2.05, 4.69) is 16.6 Å². The van der Waals surface area contributed by atoms with E-state index in [1.807, 2.05) is 105 Å². The first-order valence-corrected chi connectivity index (χ1v) is 12.3. The number of nitrogens with zero attached hydrogens (tertiary/aromatic N) is 4. The number of carbonyl (C=O) groups excluding carboxylic acids is 2. The van der Waals surface area contributed by atoms with Crippen LogP contribution in [0.3, 0.4) is 0 Å². The van der Waals surface area contributed by atoms with E-state index in [-0.39, 0.29) is 24.7 Å². The number of carbonyl (C=O) groups is 2. The molecule has 0 saturated heterocycles. The van der Waals surface area contributed by atoms with E-state index < -0.39 is 0 Å². The lowest BCUT2D eigenvalue weighted by atomic mass is 10.1. The predicted octanol–water partition coefficient (Wildman–Crippen LogP) is 4.99. The van der Waals surface area contributed by atoms with Gasteiger partial charge in [-0.1, -0.05) is 12.7 Å². The Hall–Kier alpha value is -4.52. The molecule has 0 radical (unpaired) electrons. The van der Waals surface area contributed by atoms with Crippen LogP contribution in [-0.4, -0.2) is 71.9 Å². The fraction of sp³-hybridized carbons (Fsp3) is 0.226. The molecule has 0 bridgehead atoms. The van der Waals surface area contributed by atoms with Crippen LogP contribution in [-0.2, 0) is 0 Å². The van der Waals surface area contributed by atoms with Crippen LogP contribution in [0, 0.1) is 0 Å². The highest BCUT2D eigenvalue weighted by Crippen LogP contribution is 2.17. The van der Waals surface area contributed by atoms with Gasteiger partial charge >= 0.3 is 0 Å². The molecule has 3 aromatic rings. The second-order valence-corrected chi connectivity index (χ2v) is 9.10. The second kappa shape index (κ2) is 13.7. The van der Waals surface area contributed by atoms with Gasteiger partial charge in [-0.25, -0.2) is 0 Å². The topological polar surface area (TPSA) is 74.6 Å². The zero-order valence-electron chi connectivity index (χ0n) is 22.4. The van der Waals surface area contributed by atoms with Crippen LogP contribution in [0.5, 0.6) is 5.75 Å². The average Bonchev–Trinajstić information content (AvgIpc) is 2.91. The van der Waals surface area contributed by atoms with Crippen LogP contribution in [0.25, 0.3) is 0 Å². The van der Waals surface area contributed by atoms with E-state index in [9.17, 15) is 9.59 Å². The number of hydrogen-bond acceptors (Lipinski definition) is 7. The molecule has 196 valence electrons. The van der Waals surface area contributed by atoms with E-state index in [4.69, 9.17) is 4.74 Å². The molecule has 0 amide bonds.